The summed E-state index contributed by atoms with van der Waals surface area (Å²) in [5.74, 6) is 0.812. The van der Waals surface area contributed by atoms with Crippen molar-refractivity contribution >= 4 is 16.8 Å². The van der Waals surface area contributed by atoms with Crippen molar-refractivity contribution < 1.29 is 4.52 Å². The number of aromatic nitrogens is 1. The number of nitrogens with one attached hydrogen (secondary N) is 1. The van der Waals surface area contributed by atoms with Crippen molar-refractivity contribution in [3.8, 4) is 0 Å². The Morgan fingerprint density at radius 3 is 2.77 bits per heavy atom. The Kier molecular flexibility index (Phi) is 1.72. The molecule has 0 fully saturated rings. The van der Waals surface area contributed by atoms with Gasteiger partial charge < -0.3 is 9.84 Å². The highest BCUT2D eigenvalue weighted by Crippen LogP contribution is 2.26. The Bertz CT molecular complexity index is 445. The molecular weight excluding hydrogens is 164 g/mol. The first-order valence-electron chi connectivity index (χ1n) is 4.27. The molecule has 1 heterocycles. The Hall–Kier alpha value is -1.51. The van der Waals surface area contributed by atoms with Gasteiger partial charge in [-0.2, -0.15) is 0 Å². The van der Waals surface area contributed by atoms with Gasteiger partial charge in [0.25, 0.3) is 0 Å². The molecule has 1 N–H and O–H groups in total. The summed E-state index contributed by atoms with van der Waals surface area (Å²) in [6, 6.07) is 4.12. The van der Waals surface area contributed by atoms with E-state index in [-0.39, 0.29) is 0 Å². The van der Waals surface area contributed by atoms with E-state index in [1.165, 1.54) is 11.1 Å². The highest BCUT2D eigenvalue weighted by molar-refractivity contribution is 5.91. The Morgan fingerprint density at radius 1 is 1.31 bits per heavy atom. The number of benzene rings is 1. The van der Waals surface area contributed by atoms with Crippen LogP contribution in [0.15, 0.2) is 16.7 Å². The van der Waals surface area contributed by atoms with E-state index >= 15 is 0 Å². The fraction of sp³-hybridized carbons (Fsp3) is 0.300. The van der Waals surface area contributed by atoms with Crippen molar-refractivity contribution in [3.05, 3.63) is 23.3 Å². The molecule has 0 aliphatic heterocycles. The molecule has 3 nitrogen and oxygen atoms in total. The molecule has 0 atom stereocenters. The average Bonchev–Trinajstić information content (AvgIpc) is 2.47. The van der Waals surface area contributed by atoms with Crippen LogP contribution in [0.3, 0.4) is 0 Å². The minimum atomic E-state index is 0.812. The van der Waals surface area contributed by atoms with E-state index in [1.807, 2.05) is 20.0 Å². The van der Waals surface area contributed by atoms with E-state index in [9.17, 15) is 0 Å². The fourth-order valence-electron chi connectivity index (χ4n) is 1.62. The highest BCUT2D eigenvalue weighted by atomic mass is 16.5. The lowest BCUT2D eigenvalue weighted by molar-refractivity contribution is 0.459. The molecule has 2 rings (SSSR count). The Labute approximate surface area is 76.7 Å². The van der Waals surface area contributed by atoms with Crippen LogP contribution in [0.5, 0.6) is 0 Å². The van der Waals surface area contributed by atoms with Gasteiger partial charge in [0.15, 0.2) is 11.4 Å². The summed E-state index contributed by atoms with van der Waals surface area (Å²) < 4.78 is 5.19. The van der Waals surface area contributed by atoms with Crippen LogP contribution in [0.1, 0.15) is 11.1 Å². The van der Waals surface area contributed by atoms with Crippen LogP contribution < -0.4 is 5.32 Å². The lowest BCUT2D eigenvalue weighted by Gasteiger charge is -1.98. The molecule has 0 spiro atoms. The normalized spacial score (nSPS) is 10.7. The predicted octanol–water partition coefficient (Wildman–Crippen LogP) is 2.49. The predicted molar refractivity (Wildman–Crippen MR) is 53.0 cm³/mol. The summed E-state index contributed by atoms with van der Waals surface area (Å²) in [6.07, 6.45) is 0. The first-order valence-corrected chi connectivity index (χ1v) is 4.27. The number of rotatable bonds is 1. The van der Waals surface area contributed by atoms with Crippen molar-refractivity contribution in [3.63, 3.8) is 0 Å². The summed E-state index contributed by atoms with van der Waals surface area (Å²) >= 11 is 0. The van der Waals surface area contributed by atoms with E-state index in [0.29, 0.717) is 0 Å². The zero-order valence-electron chi connectivity index (χ0n) is 8.01. The van der Waals surface area contributed by atoms with Gasteiger partial charge in [-0.15, -0.1) is 0 Å². The van der Waals surface area contributed by atoms with Gasteiger partial charge in [-0.1, -0.05) is 11.2 Å². The van der Waals surface area contributed by atoms with Crippen molar-refractivity contribution in [2.45, 2.75) is 13.8 Å². The largest absolute Gasteiger partial charge is 0.370 e. The van der Waals surface area contributed by atoms with Gasteiger partial charge in [-0.05, 0) is 31.0 Å². The van der Waals surface area contributed by atoms with E-state index in [4.69, 9.17) is 4.52 Å². The van der Waals surface area contributed by atoms with Gasteiger partial charge in [0, 0.05) is 7.05 Å². The maximum absolute atomic E-state index is 5.19. The molecule has 68 valence electrons. The minimum Gasteiger partial charge on any atom is -0.370 e. The molecule has 0 amide bonds. The topological polar surface area (TPSA) is 38.1 Å². The minimum absolute atomic E-state index is 0.812. The van der Waals surface area contributed by atoms with Crippen molar-refractivity contribution in [2.75, 3.05) is 12.4 Å². The number of hydrogen-bond acceptors (Lipinski definition) is 3. The van der Waals surface area contributed by atoms with Gasteiger partial charge in [0.1, 0.15) is 0 Å². The lowest BCUT2D eigenvalue weighted by atomic mass is 10.1. The third-order valence-corrected chi connectivity index (χ3v) is 2.15. The number of aryl methyl sites for hydroxylation is 2. The highest BCUT2D eigenvalue weighted by Gasteiger charge is 2.09. The molecule has 0 radical (unpaired) electrons. The van der Waals surface area contributed by atoms with Crippen LogP contribution in [0, 0.1) is 13.8 Å². The number of fused-ring (bicyclic) bond motifs is 1. The molecule has 1 aromatic carbocycles. The van der Waals surface area contributed by atoms with E-state index in [2.05, 4.69) is 23.5 Å². The average molecular weight is 176 g/mol. The van der Waals surface area contributed by atoms with Crippen LogP contribution in [-0.2, 0) is 0 Å². The summed E-state index contributed by atoms with van der Waals surface area (Å²) in [6.45, 7) is 4.11. The van der Waals surface area contributed by atoms with Crippen molar-refractivity contribution in [2.24, 2.45) is 0 Å². The molecule has 0 saturated heterocycles. The molecule has 0 saturated carbocycles. The number of anilines is 1. The van der Waals surface area contributed by atoms with E-state index in [1.54, 1.807) is 0 Å². The monoisotopic (exact) mass is 176 g/mol. The van der Waals surface area contributed by atoms with Crippen LogP contribution in [0.2, 0.25) is 0 Å². The lowest BCUT2D eigenvalue weighted by Crippen LogP contribution is -1.89. The summed E-state index contributed by atoms with van der Waals surface area (Å²) in [5.41, 5.74) is 3.24. The van der Waals surface area contributed by atoms with Crippen LogP contribution >= 0.6 is 0 Å². The van der Waals surface area contributed by atoms with E-state index < -0.39 is 0 Å². The molecule has 0 bridgehead atoms. The fourth-order valence-corrected chi connectivity index (χ4v) is 1.62. The van der Waals surface area contributed by atoms with Gasteiger partial charge >= 0.3 is 0 Å². The number of nitrogens with zero attached hydrogens (tertiary/aromatic N) is 1. The molecule has 3 heteroatoms. The van der Waals surface area contributed by atoms with Gasteiger partial charge in [0.05, 0.1) is 5.39 Å². The number of hydrogen-bond donors (Lipinski definition) is 1. The van der Waals surface area contributed by atoms with Crippen molar-refractivity contribution in [1.82, 2.24) is 5.16 Å². The standard InChI is InChI=1S/C10H12N2O/c1-6-4-7(2)9-8(5-6)13-12-10(9)11-3/h4-5H,1-3H3,(H,11,12). The SMILES string of the molecule is CNc1noc2cc(C)cc(C)c12. The summed E-state index contributed by atoms with van der Waals surface area (Å²) in [7, 11) is 1.84. The quantitative estimate of drug-likeness (QED) is 0.725. The van der Waals surface area contributed by atoms with Crippen molar-refractivity contribution in [1.29, 1.82) is 0 Å². The maximum Gasteiger partial charge on any atom is 0.177 e. The van der Waals surface area contributed by atoms with E-state index in [0.717, 1.165) is 16.8 Å². The first-order chi connectivity index (χ1) is 6.22. The van der Waals surface area contributed by atoms with Crippen LogP contribution in [-0.4, -0.2) is 12.2 Å². The van der Waals surface area contributed by atoms with Crippen LogP contribution in [0.4, 0.5) is 5.82 Å². The summed E-state index contributed by atoms with van der Waals surface area (Å²) in [5, 5.41) is 8.01. The molecule has 13 heavy (non-hydrogen) atoms. The molecular formula is C10H12N2O. The Morgan fingerprint density at radius 2 is 2.08 bits per heavy atom. The third kappa shape index (κ3) is 1.16. The molecule has 1 aromatic heterocycles. The molecule has 0 unspecified atom stereocenters. The zero-order valence-corrected chi connectivity index (χ0v) is 8.01. The zero-order chi connectivity index (χ0) is 9.42. The molecule has 0 aliphatic carbocycles. The second-order valence-corrected chi connectivity index (χ2v) is 3.24. The third-order valence-electron chi connectivity index (χ3n) is 2.15. The summed E-state index contributed by atoms with van der Waals surface area (Å²) in [4.78, 5) is 0. The first kappa shape index (κ1) is 8.10. The van der Waals surface area contributed by atoms with Crippen LogP contribution in [0.25, 0.3) is 11.0 Å². The second-order valence-electron chi connectivity index (χ2n) is 3.24. The van der Waals surface area contributed by atoms with Gasteiger partial charge in [-0.3, -0.25) is 0 Å². The maximum atomic E-state index is 5.19. The van der Waals surface area contributed by atoms with Gasteiger partial charge in [-0.25, -0.2) is 0 Å². The molecule has 0 aliphatic rings. The smallest absolute Gasteiger partial charge is 0.177 e. The molecule has 2 aromatic rings. The second kappa shape index (κ2) is 2.76. The van der Waals surface area contributed by atoms with Gasteiger partial charge in [0.2, 0.25) is 0 Å². The Balaban J connectivity index is 2.82.